The molecular weight excluding hydrogens is 264 g/mol. The van der Waals surface area contributed by atoms with Gasteiger partial charge in [0.2, 0.25) is 0 Å². The molecule has 0 aliphatic carbocycles. The highest BCUT2D eigenvalue weighted by molar-refractivity contribution is 5.13. The van der Waals surface area contributed by atoms with Crippen LogP contribution in [0.1, 0.15) is 38.2 Å². The highest BCUT2D eigenvalue weighted by atomic mass is 16.5. The van der Waals surface area contributed by atoms with Gasteiger partial charge in [0.1, 0.15) is 5.60 Å². The highest BCUT2D eigenvalue weighted by Gasteiger charge is 2.38. The smallest absolute Gasteiger partial charge is 0.114 e. The van der Waals surface area contributed by atoms with Crippen molar-refractivity contribution in [3.8, 4) is 0 Å². The van der Waals surface area contributed by atoms with Gasteiger partial charge in [0, 0.05) is 0 Å². The van der Waals surface area contributed by atoms with Gasteiger partial charge < -0.3 is 14.6 Å². The summed E-state index contributed by atoms with van der Waals surface area (Å²) in [4.78, 5) is 0. The van der Waals surface area contributed by atoms with Crippen molar-refractivity contribution in [1.82, 2.24) is 0 Å². The van der Waals surface area contributed by atoms with E-state index in [1.165, 1.54) is 0 Å². The van der Waals surface area contributed by atoms with Gasteiger partial charge >= 0.3 is 0 Å². The van der Waals surface area contributed by atoms with Crippen LogP contribution in [0.4, 0.5) is 0 Å². The molecule has 1 fully saturated rings. The van der Waals surface area contributed by atoms with Crippen LogP contribution >= 0.6 is 0 Å². The van der Waals surface area contributed by atoms with E-state index in [1.807, 2.05) is 43.3 Å². The first-order chi connectivity index (χ1) is 10.1. The average Bonchev–Trinajstić information content (AvgIpc) is 2.61. The molecule has 116 valence electrons. The van der Waals surface area contributed by atoms with Gasteiger partial charge in [0.25, 0.3) is 0 Å². The SMILES string of the molecule is C=CC[C@@H]1CCC[C@@](O)(COCc2ccccc2)[C@@H](C)O1. The maximum absolute atomic E-state index is 10.8. The van der Waals surface area contributed by atoms with Crippen LogP contribution in [0.3, 0.4) is 0 Å². The molecule has 0 aromatic heterocycles. The average molecular weight is 290 g/mol. The van der Waals surface area contributed by atoms with E-state index in [0.29, 0.717) is 13.2 Å². The normalized spacial score (nSPS) is 29.8. The number of rotatable bonds is 6. The molecule has 0 spiro atoms. The van der Waals surface area contributed by atoms with Gasteiger partial charge in [-0.3, -0.25) is 0 Å². The molecule has 3 heteroatoms. The van der Waals surface area contributed by atoms with Crippen molar-refractivity contribution >= 4 is 0 Å². The number of benzene rings is 1. The van der Waals surface area contributed by atoms with Gasteiger partial charge in [-0.1, -0.05) is 36.4 Å². The maximum Gasteiger partial charge on any atom is 0.114 e. The van der Waals surface area contributed by atoms with Crippen LogP contribution in [-0.2, 0) is 16.1 Å². The summed E-state index contributed by atoms with van der Waals surface area (Å²) in [6, 6.07) is 10.0. The molecule has 1 N–H and O–H groups in total. The quantitative estimate of drug-likeness (QED) is 0.815. The topological polar surface area (TPSA) is 38.7 Å². The highest BCUT2D eigenvalue weighted by Crippen LogP contribution is 2.29. The van der Waals surface area contributed by atoms with Gasteiger partial charge in [-0.05, 0) is 38.2 Å². The Bertz CT molecular complexity index is 431. The lowest BCUT2D eigenvalue weighted by molar-refractivity contribution is -0.147. The Morgan fingerprint density at radius 3 is 2.90 bits per heavy atom. The Hall–Kier alpha value is -1.16. The molecule has 1 aliphatic rings. The lowest BCUT2D eigenvalue weighted by atomic mass is 9.93. The van der Waals surface area contributed by atoms with E-state index in [1.54, 1.807) is 0 Å². The fraction of sp³-hybridized carbons (Fsp3) is 0.556. The van der Waals surface area contributed by atoms with Gasteiger partial charge in [-0.2, -0.15) is 0 Å². The monoisotopic (exact) mass is 290 g/mol. The second-order valence-corrected chi connectivity index (χ2v) is 5.90. The van der Waals surface area contributed by atoms with Gasteiger partial charge in [-0.15, -0.1) is 6.58 Å². The Morgan fingerprint density at radius 2 is 2.19 bits per heavy atom. The van der Waals surface area contributed by atoms with Crippen molar-refractivity contribution in [2.24, 2.45) is 0 Å². The molecule has 0 amide bonds. The maximum atomic E-state index is 10.8. The third kappa shape index (κ3) is 4.67. The fourth-order valence-corrected chi connectivity index (χ4v) is 2.79. The van der Waals surface area contributed by atoms with Gasteiger partial charge in [-0.25, -0.2) is 0 Å². The summed E-state index contributed by atoms with van der Waals surface area (Å²) >= 11 is 0. The fourth-order valence-electron chi connectivity index (χ4n) is 2.79. The molecular formula is C18H26O3. The van der Waals surface area contributed by atoms with Crippen LogP contribution in [0.5, 0.6) is 0 Å². The van der Waals surface area contributed by atoms with Gasteiger partial charge in [0.15, 0.2) is 0 Å². The van der Waals surface area contributed by atoms with Crippen molar-refractivity contribution in [3.63, 3.8) is 0 Å². The van der Waals surface area contributed by atoms with E-state index in [-0.39, 0.29) is 12.2 Å². The minimum absolute atomic E-state index is 0.167. The first-order valence-corrected chi connectivity index (χ1v) is 7.74. The van der Waals surface area contributed by atoms with Crippen molar-refractivity contribution in [2.75, 3.05) is 6.61 Å². The van der Waals surface area contributed by atoms with Crippen LogP contribution in [0.2, 0.25) is 0 Å². The molecule has 2 rings (SSSR count). The minimum Gasteiger partial charge on any atom is -0.385 e. The Kier molecular flexibility index (Phi) is 5.97. The van der Waals surface area contributed by atoms with Crippen LogP contribution in [-0.4, -0.2) is 29.5 Å². The molecule has 0 bridgehead atoms. The molecule has 1 heterocycles. The molecule has 3 nitrogen and oxygen atoms in total. The van der Waals surface area contributed by atoms with Gasteiger partial charge in [0.05, 0.1) is 25.4 Å². The lowest BCUT2D eigenvalue weighted by Gasteiger charge is -2.32. The first kappa shape index (κ1) is 16.2. The molecule has 1 aliphatic heterocycles. The van der Waals surface area contributed by atoms with Crippen LogP contribution in [0.25, 0.3) is 0 Å². The van der Waals surface area contributed by atoms with E-state index >= 15 is 0 Å². The van der Waals surface area contributed by atoms with E-state index in [2.05, 4.69) is 6.58 Å². The zero-order chi connectivity index (χ0) is 15.1. The second kappa shape index (κ2) is 7.74. The summed E-state index contributed by atoms with van der Waals surface area (Å²) in [5.41, 5.74) is 0.220. The predicted molar refractivity (Wildman–Crippen MR) is 84.0 cm³/mol. The standard InChI is InChI=1S/C18H26O3/c1-3-8-17-11-7-12-18(19,15(2)21-17)14-20-13-16-9-5-4-6-10-16/h3-6,9-10,15,17,19H,1,7-8,11-14H2,2H3/t15-,17-,18-/m1/s1. The molecule has 0 unspecified atom stereocenters. The summed E-state index contributed by atoms with van der Waals surface area (Å²) in [7, 11) is 0. The number of aliphatic hydroxyl groups is 1. The Balaban J connectivity index is 1.86. The van der Waals surface area contributed by atoms with Crippen molar-refractivity contribution in [1.29, 1.82) is 0 Å². The molecule has 1 aromatic rings. The van der Waals surface area contributed by atoms with Crippen LogP contribution in [0, 0.1) is 0 Å². The van der Waals surface area contributed by atoms with Crippen LogP contribution in [0.15, 0.2) is 43.0 Å². The second-order valence-electron chi connectivity index (χ2n) is 5.90. The summed E-state index contributed by atoms with van der Waals surface area (Å²) in [5.74, 6) is 0. The molecule has 21 heavy (non-hydrogen) atoms. The molecule has 0 saturated carbocycles. The Morgan fingerprint density at radius 1 is 1.43 bits per heavy atom. The van der Waals surface area contributed by atoms with Crippen LogP contribution < -0.4 is 0 Å². The summed E-state index contributed by atoms with van der Waals surface area (Å²) in [6.45, 7) is 6.53. The summed E-state index contributed by atoms with van der Waals surface area (Å²) < 4.78 is 11.7. The number of hydrogen-bond donors (Lipinski definition) is 1. The lowest BCUT2D eigenvalue weighted by Crippen LogP contribution is -2.46. The van der Waals surface area contributed by atoms with Crippen molar-refractivity contribution in [2.45, 2.75) is 57.0 Å². The molecule has 1 aromatic carbocycles. The zero-order valence-electron chi connectivity index (χ0n) is 12.8. The number of hydrogen-bond acceptors (Lipinski definition) is 3. The van der Waals surface area contributed by atoms with E-state index < -0.39 is 5.60 Å². The Labute approximate surface area is 127 Å². The molecule has 0 radical (unpaired) electrons. The molecule has 3 atom stereocenters. The third-order valence-electron chi connectivity index (χ3n) is 4.18. The first-order valence-electron chi connectivity index (χ1n) is 7.74. The third-order valence-corrected chi connectivity index (χ3v) is 4.18. The van der Waals surface area contributed by atoms with E-state index in [9.17, 15) is 5.11 Å². The molecule has 1 saturated heterocycles. The largest absolute Gasteiger partial charge is 0.385 e. The summed E-state index contributed by atoms with van der Waals surface area (Å²) in [6.07, 6.45) is 5.31. The number of ether oxygens (including phenoxy) is 2. The minimum atomic E-state index is -0.898. The van der Waals surface area contributed by atoms with Crippen molar-refractivity contribution in [3.05, 3.63) is 48.6 Å². The predicted octanol–water partition coefficient (Wildman–Crippen LogP) is 3.47. The summed E-state index contributed by atoms with van der Waals surface area (Å²) in [5, 5.41) is 10.8. The van der Waals surface area contributed by atoms with E-state index in [0.717, 1.165) is 31.2 Å². The van der Waals surface area contributed by atoms with Crippen molar-refractivity contribution < 1.29 is 14.6 Å². The van der Waals surface area contributed by atoms with E-state index in [4.69, 9.17) is 9.47 Å². The zero-order valence-corrected chi connectivity index (χ0v) is 12.8.